The second-order valence-corrected chi connectivity index (χ2v) is 6.73. The summed E-state index contributed by atoms with van der Waals surface area (Å²) in [6.45, 7) is 5.65. The van der Waals surface area contributed by atoms with Gasteiger partial charge in [0.15, 0.2) is 0 Å². The van der Waals surface area contributed by atoms with Gasteiger partial charge in [0.1, 0.15) is 5.75 Å². The van der Waals surface area contributed by atoms with Crippen LogP contribution in [0.5, 0.6) is 5.75 Å². The third-order valence-electron chi connectivity index (χ3n) is 3.87. The molecule has 106 valence electrons. The van der Waals surface area contributed by atoms with Crippen molar-refractivity contribution in [3.8, 4) is 5.75 Å². The van der Waals surface area contributed by atoms with E-state index >= 15 is 0 Å². The van der Waals surface area contributed by atoms with E-state index < -0.39 is 0 Å². The molecule has 3 heteroatoms. The van der Waals surface area contributed by atoms with Crippen LogP contribution in [0.1, 0.15) is 33.1 Å². The third kappa shape index (κ3) is 4.15. The van der Waals surface area contributed by atoms with Crippen LogP contribution in [0.3, 0.4) is 0 Å². The molecular formula is C16H25NOS. The van der Waals surface area contributed by atoms with Gasteiger partial charge in [0.05, 0.1) is 7.11 Å². The van der Waals surface area contributed by atoms with Crippen molar-refractivity contribution in [1.82, 2.24) is 5.32 Å². The van der Waals surface area contributed by atoms with E-state index in [4.69, 9.17) is 4.74 Å². The van der Waals surface area contributed by atoms with Gasteiger partial charge in [-0.1, -0.05) is 13.8 Å². The number of hydrogen-bond acceptors (Lipinski definition) is 3. The lowest BCUT2D eigenvalue weighted by Gasteiger charge is -2.35. The molecule has 3 atom stereocenters. The second kappa shape index (κ2) is 7.20. The Morgan fingerprint density at radius 2 is 2.00 bits per heavy atom. The van der Waals surface area contributed by atoms with Crippen molar-refractivity contribution >= 4 is 11.8 Å². The molecule has 0 amide bonds. The summed E-state index contributed by atoms with van der Waals surface area (Å²) in [6, 6.07) is 9.11. The number of thioether (sulfide) groups is 1. The van der Waals surface area contributed by atoms with E-state index in [1.54, 1.807) is 7.11 Å². The highest BCUT2D eigenvalue weighted by Gasteiger charge is 2.28. The first-order valence-corrected chi connectivity index (χ1v) is 8.15. The number of benzene rings is 1. The van der Waals surface area contributed by atoms with Crippen molar-refractivity contribution in [2.24, 2.45) is 5.92 Å². The van der Waals surface area contributed by atoms with Crippen molar-refractivity contribution in [3.63, 3.8) is 0 Å². The van der Waals surface area contributed by atoms with Crippen molar-refractivity contribution in [2.75, 3.05) is 13.7 Å². The highest BCUT2D eigenvalue weighted by Crippen LogP contribution is 2.36. The van der Waals surface area contributed by atoms with Crippen molar-refractivity contribution < 1.29 is 4.74 Å². The fourth-order valence-electron chi connectivity index (χ4n) is 2.78. The Morgan fingerprint density at radius 1 is 1.26 bits per heavy atom. The Bertz CT molecular complexity index is 379. The molecule has 0 aromatic heterocycles. The van der Waals surface area contributed by atoms with E-state index in [0.717, 1.165) is 18.2 Å². The normalized spacial score (nSPS) is 27.2. The van der Waals surface area contributed by atoms with Gasteiger partial charge < -0.3 is 10.1 Å². The molecule has 0 aliphatic heterocycles. The summed E-state index contributed by atoms with van der Waals surface area (Å²) in [7, 11) is 1.71. The smallest absolute Gasteiger partial charge is 0.118 e. The Kier molecular flexibility index (Phi) is 5.59. The van der Waals surface area contributed by atoms with Crippen LogP contribution in [0, 0.1) is 5.92 Å². The maximum atomic E-state index is 5.21. The summed E-state index contributed by atoms with van der Waals surface area (Å²) in [5.41, 5.74) is 0. The fourth-order valence-corrected chi connectivity index (χ4v) is 4.25. The van der Waals surface area contributed by atoms with Gasteiger partial charge in [0.25, 0.3) is 0 Å². The summed E-state index contributed by atoms with van der Waals surface area (Å²) in [6.07, 6.45) is 3.98. The molecule has 1 fully saturated rings. The number of nitrogens with one attached hydrogen (secondary N) is 1. The molecule has 19 heavy (non-hydrogen) atoms. The van der Waals surface area contributed by atoms with Gasteiger partial charge in [-0.3, -0.25) is 0 Å². The SMILES string of the molecule is CCNC1CCC(C)CC1Sc1ccc(OC)cc1. The van der Waals surface area contributed by atoms with Crippen molar-refractivity contribution in [3.05, 3.63) is 24.3 Å². The van der Waals surface area contributed by atoms with Gasteiger partial charge in [0, 0.05) is 16.2 Å². The minimum absolute atomic E-state index is 0.660. The molecule has 0 radical (unpaired) electrons. The molecular weight excluding hydrogens is 254 g/mol. The van der Waals surface area contributed by atoms with Crippen LogP contribution in [0.4, 0.5) is 0 Å². The zero-order valence-electron chi connectivity index (χ0n) is 12.2. The first-order chi connectivity index (χ1) is 9.22. The molecule has 1 aromatic rings. The number of rotatable bonds is 5. The van der Waals surface area contributed by atoms with Crippen LogP contribution in [0.15, 0.2) is 29.2 Å². The van der Waals surface area contributed by atoms with Crippen LogP contribution < -0.4 is 10.1 Å². The van der Waals surface area contributed by atoms with E-state index in [1.807, 2.05) is 11.8 Å². The number of hydrogen-bond donors (Lipinski definition) is 1. The molecule has 0 heterocycles. The van der Waals surface area contributed by atoms with E-state index in [9.17, 15) is 0 Å². The van der Waals surface area contributed by atoms with Crippen molar-refractivity contribution in [2.45, 2.75) is 49.3 Å². The highest BCUT2D eigenvalue weighted by atomic mass is 32.2. The maximum Gasteiger partial charge on any atom is 0.118 e. The predicted molar refractivity (Wildman–Crippen MR) is 83.1 cm³/mol. The number of methoxy groups -OCH3 is 1. The molecule has 2 nitrogen and oxygen atoms in total. The van der Waals surface area contributed by atoms with Crippen LogP contribution in [0.25, 0.3) is 0 Å². The summed E-state index contributed by atoms with van der Waals surface area (Å²) in [4.78, 5) is 1.35. The van der Waals surface area contributed by atoms with Gasteiger partial charge in [0.2, 0.25) is 0 Å². The maximum absolute atomic E-state index is 5.21. The lowest BCUT2D eigenvalue weighted by molar-refractivity contribution is 0.320. The summed E-state index contributed by atoms with van der Waals surface area (Å²) in [5, 5.41) is 4.34. The highest BCUT2D eigenvalue weighted by molar-refractivity contribution is 8.00. The lowest BCUT2D eigenvalue weighted by atomic mass is 9.87. The monoisotopic (exact) mass is 279 g/mol. The molecule has 1 aromatic carbocycles. The fraction of sp³-hybridized carbons (Fsp3) is 0.625. The van der Waals surface area contributed by atoms with E-state index in [1.165, 1.54) is 24.2 Å². The van der Waals surface area contributed by atoms with E-state index in [0.29, 0.717) is 11.3 Å². The van der Waals surface area contributed by atoms with Gasteiger partial charge in [-0.15, -0.1) is 11.8 Å². The summed E-state index contributed by atoms with van der Waals surface area (Å²) in [5.74, 6) is 1.79. The van der Waals surface area contributed by atoms with Crippen LogP contribution in [0.2, 0.25) is 0 Å². The molecule has 3 unspecified atom stereocenters. The minimum atomic E-state index is 0.660. The molecule has 2 rings (SSSR count). The second-order valence-electron chi connectivity index (χ2n) is 5.41. The lowest BCUT2D eigenvalue weighted by Crippen LogP contribution is -2.42. The Morgan fingerprint density at radius 3 is 2.63 bits per heavy atom. The summed E-state index contributed by atoms with van der Waals surface area (Å²) < 4.78 is 5.21. The summed E-state index contributed by atoms with van der Waals surface area (Å²) >= 11 is 2.02. The zero-order chi connectivity index (χ0) is 13.7. The average Bonchev–Trinajstić information content (AvgIpc) is 2.43. The number of ether oxygens (including phenoxy) is 1. The van der Waals surface area contributed by atoms with Crippen LogP contribution in [-0.4, -0.2) is 24.9 Å². The Hall–Kier alpha value is -0.670. The molecule has 0 saturated heterocycles. The zero-order valence-corrected chi connectivity index (χ0v) is 13.0. The molecule has 1 saturated carbocycles. The molecule has 0 spiro atoms. The van der Waals surface area contributed by atoms with Crippen LogP contribution >= 0.6 is 11.8 Å². The third-order valence-corrected chi connectivity index (χ3v) is 5.24. The molecule has 0 bridgehead atoms. The Balaban J connectivity index is 2.00. The molecule has 1 aliphatic carbocycles. The standard InChI is InChI=1S/C16H25NOS/c1-4-17-15-10-5-12(2)11-16(15)19-14-8-6-13(18-3)7-9-14/h6-9,12,15-17H,4-5,10-11H2,1-3H3. The first kappa shape index (κ1) is 14.7. The quantitative estimate of drug-likeness (QED) is 0.881. The molecule has 1 aliphatic rings. The van der Waals surface area contributed by atoms with E-state index in [-0.39, 0.29) is 0 Å². The van der Waals surface area contributed by atoms with Gasteiger partial charge >= 0.3 is 0 Å². The van der Waals surface area contributed by atoms with Crippen LogP contribution in [-0.2, 0) is 0 Å². The average molecular weight is 279 g/mol. The van der Waals surface area contributed by atoms with Gasteiger partial charge in [-0.2, -0.15) is 0 Å². The Labute approximate surface area is 121 Å². The van der Waals surface area contributed by atoms with E-state index in [2.05, 4.69) is 43.4 Å². The largest absolute Gasteiger partial charge is 0.497 e. The minimum Gasteiger partial charge on any atom is -0.497 e. The van der Waals surface area contributed by atoms with Crippen molar-refractivity contribution in [1.29, 1.82) is 0 Å². The topological polar surface area (TPSA) is 21.3 Å². The van der Waals surface area contributed by atoms with Gasteiger partial charge in [-0.05, 0) is 56.0 Å². The predicted octanol–water partition coefficient (Wildman–Crippen LogP) is 3.95. The first-order valence-electron chi connectivity index (χ1n) is 7.27. The molecule has 1 N–H and O–H groups in total. The van der Waals surface area contributed by atoms with Gasteiger partial charge in [-0.25, -0.2) is 0 Å².